The maximum Gasteiger partial charge on any atom is 0.242 e. The van der Waals surface area contributed by atoms with Gasteiger partial charge in [0.2, 0.25) is 21.8 Å². The summed E-state index contributed by atoms with van der Waals surface area (Å²) in [5.41, 5.74) is 3.52. The molecule has 1 N–H and O–H groups in total. The van der Waals surface area contributed by atoms with Crippen molar-refractivity contribution >= 4 is 39.1 Å². The summed E-state index contributed by atoms with van der Waals surface area (Å²) < 4.78 is 26.4. The molecule has 0 saturated heterocycles. The quantitative estimate of drug-likeness (QED) is 0.398. The van der Waals surface area contributed by atoms with Gasteiger partial charge >= 0.3 is 0 Å². The number of anilines is 1. The molecule has 1 atom stereocenters. The van der Waals surface area contributed by atoms with Gasteiger partial charge in [0.25, 0.3) is 0 Å². The molecule has 0 spiro atoms. The van der Waals surface area contributed by atoms with Gasteiger partial charge in [-0.3, -0.25) is 13.9 Å². The number of halogens is 1. The standard InChI is InChI=1S/C27H38ClN3O4S/c1-6-16-29-27(33)25(7-2)30(19-22-11-13-23(28)14-12-22)26(32)9-8-17-31(36(5,34)35)24-15-10-20(3)21(4)18-24/h10-15,18,25H,6-9,16-17,19H2,1-5H3,(H,29,33)/t25-/m1/s1. The van der Waals surface area contributed by atoms with Gasteiger partial charge in [-0.15, -0.1) is 0 Å². The van der Waals surface area contributed by atoms with E-state index in [4.69, 9.17) is 11.6 Å². The lowest BCUT2D eigenvalue weighted by atomic mass is 10.1. The summed E-state index contributed by atoms with van der Waals surface area (Å²) >= 11 is 6.01. The third-order valence-corrected chi connectivity index (χ3v) is 7.58. The normalized spacial score (nSPS) is 12.2. The Morgan fingerprint density at radius 2 is 1.69 bits per heavy atom. The fraction of sp³-hybridized carbons (Fsp3) is 0.481. The monoisotopic (exact) mass is 535 g/mol. The second-order valence-corrected chi connectivity index (χ2v) is 11.4. The van der Waals surface area contributed by atoms with Crippen LogP contribution in [0.25, 0.3) is 0 Å². The first-order chi connectivity index (χ1) is 17.0. The third kappa shape index (κ3) is 8.52. The van der Waals surface area contributed by atoms with Crippen LogP contribution in [0.2, 0.25) is 5.02 Å². The molecular weight excluding hydrogens is 498 g/mol. The topological polar surface area (TPSA) is 86.8 Å². The fourth-order valence-electron chi connectivity index (χ4n) is 3.96. The van der Waals surface area contributed by atoms with Crippen molar-refractivity contribution in [1.82, 2.24) is 10.2 Å². The van der Waals surface area contributed by atoms with Crippen molar-refractivity contribution in [1.29, 1.82) is 0 Å². The molecule has 0 aliphatic rings. The van der Waals surface area contributed by atoms with Gasteiger partial charge < -0.3 is 10.2 Å². The zero-order valence-corrected chi connectivity index (χ0v) is 23.5. The molecule has 0 aliphatic heterocycles. The zero-order chi connectivity index (χ0) is 26.9. The summed E-state index contributed by atoms with van der Waals surface area (Å²) in [6.07, 6.45) is 2.87. The number of benzene rings is 2. The van der Waals surface area contributed by atoms with Crippen LogP contribution in [0.15, 0.2) is 42.5 Å². The highest BCUT2D eigenvalue weighted by Gasteiger charge is 2.28. The highest BCUT2D eigenvalue weighted by Crippen LogP contribution is 2.22. The first-order valence-corrected chi connectivity index (χ1v) is 14.6. The van der Waals surface area contributed by atoms with Crippen molar-refractivity contribution in [2.75, 3.05) is 23.7 Å². The van der Waals surface area contributed by atoms with Crippen LogP contribution in [0.3, 0.4) is 0 Å². The van der Waals surface area contributed by atoms with Crippen LogP contribution in [0, 0.1) is 13.8 Å². The summed E-state index contributed by atoms with van der Waals surface area (Å²) in [7, 11) is -3.53. The van der Waals surface area contributed by atoms with E-state index in [0.29, 0.717) is 30.1 Å². The molecule has 2 aromatic rings. The minimum absolute atomic E-state index is 0.113. The van der Waals surface area contributed by atoms with Crippen LogP contribution < -0.4 is 9.62 Å². The van der Waals surface area contributed by atoms with Crippen molar-refractivity contribution in [3.63, 3.8) is 0 Å². The molecule has 2 rings (SSSR count). The molecule has 7 nitrogen and oxygen atoms in total. The van der Waals surface area contributed by atoms with E-state index in [9.17, 15) is 18.0 Å². The predicted octanol–water partition coefficient (Wildman–Crippen LogP) is 4.84. The van der Waals surface area contributed by atoms with Crippen LogP contribution in [-0.4, -0.2) is 50.5 Å². The molecule has 198 valence electrons. The number of nitrogens with one attached hydrogen (secondary N) is 1. The number of rotatable bonds is 13. The third-order valence-electron chi connectivity index (χ3n) is 6.13. The summed E-state index contributed by atoms with van der Waals surface area (Å²) in [6, 6.07) is 12.1. The average molecular weight is 536 g/mol. The van der Waals surface area contributed by atoms with E-state index in [1.807, 2.05) is 52.0 Å². The molecule has 2 amide bonds. The number of sulfonamides is 1. The van der Waals surface area contributed by atoms with Crippen molar-refractivity contribution in [2.45, 2.75) is 66.0 Å². The van der Waals surface area contributed by atoms with Crippen LogP contribution in [0.1, 0.15) is 56.2 Å². The molecule has 0 fully saturated rings. The largest absolute Gasteiger partial charge is 0.354 e. The van der Waals surface area contributed by atoms with E-state index in [1.54, 1.807) is 23.1 Å². The molecule has 2 aromatic carbocycles. The fourth-order valence-corrected chi connectivity index (χ4v) is 5.04. The summed E-state index contributed by atoms with van der Waals surface area (Å²) in [4.78, 5) is 27.9. The van der Waals surface area contributed by atoms with Gasteiger partial charge in [0.05, 0.1) is 11.9 Å². The number of nitrogens with zero attached hydrogens (tertiary/aromatic N) is 2. The molecule has 9 heteroatoms. The van der Waals surface area contributed by atoms with Gasteiger partial charge in [0.15, 0.2) is 0 Å². The smallest absolute Gasteiger partial charge is 0.242 e. The van der Waals surface area contributed by atoms with E-state index in [0.717, 1.165) is 23.1 Å². The summed E-state index contributed by atoms with van der Waals surface area (Å²) in [5.74, 6) is -0.383. The van der Waals surface area contributed by atoms with Crippen molar-refractivity contribution in [2.24, 2.45) is 0 Å². The number of aryl methyl sites for hydroxylation is 2. The van der Waals surface area contributed by atoms with Crippen molar-refractivity contribution < 1.29 is 18.0 Å². The number of carbonyl (C=O) groups excluding carboxylic acids is 2. The molecule has 0 radical (unpaired) electrons. The maximum absolute atomic E-state index is 13.4. The summed E-state index contributed by atoms with van der Waals surface area (Å²) in [6.45, 7) is 8.73. The zero-order valence-electron chi connectivity index (χ0n) is 21.9. The highest BCUT2D eigenvalue weighted by atomic mass is 35.5. The Hall–Kier alpha value is -2.58. The van der Waals surface area contributed by atoms with Crippen LogP contribution >= 0.6 is 11.6 Å². The van der Waals surface area contributed by atoms with Gasteiger partial charge in [-0.25, -0.2) is 8.42 Å². The van der Waals surface area contributed by atoms with Gasteiger partial charge in [-0.1, -0.05) is 43.6 Å². The number of hydrogen-bond acceptors (Lipinski definition) is 4. The Kier molecular flexibility index (Phi) is 11.2. The minimum atomic E-state index is -3.53. The maximum atomic E-state index is 13.4. The number of carbonyl (C=O) groups is 2. The lowest BCUT2D eigenvalue weighted by molar-refractivity contribution is -0.141. The Balaban J connectivity index is 2.21. The molecular formula is C27H38ClN3O4S. The first kappa shape index (κ1) is 29.6. The molecule has 0 unspecified atom stereocenters. The molecule has 0 aromatic heterocycles. The second kappa shape index (κ2) is 13.7. The lowest BCUT2D eigenvalue weighted by Crippen LogP contribution is -2.49. The first-order valence-electron chi connectivity index (χ1n) is 12.3. The van der Waals surface area contributed by atoms with Gasteiger partial charge in [-0.05, 0) is 74.1 Å². The highest BCUT2D eigenvalue weighted by molar-refractivity contribution is 7.92. The summed E-state index contributed by atoms with van der Waals surface area (Å²) in [5, 5.41) is 3.49. The van der Waals surface area contributed by atoms with Crippen molar-refractivity contribution in [3.05, 3.63) is 64.2 Å². The minimum Gasteiger partial charge on any atom is -0.354 e. The predicted molar refractivity (Wildman–Crippen MR) is 147 cm³/mol. The van der Waals surface area contributed by atoms with E-state index in [1.165, 1.54) is 10.6 Å². The van der Waals surface area contributed by atoms with Crippen LogP contribution in [0.4, 0.5) is 5.69 Å². The molecule has 0 heterocycles. The van der Waals surface area contributed by atoms with Gasteiger partial charge in [0, 0.05) is 31.1 Å². The Bertz CT molecular complexity index is 1140. The Labute approximate surface area is 220 Å². The van der Waals surface area contributed by atoms with E-state index < -0.39 is 16.1 Å². The number of amides is 2. The van der Waals surface area contributed by atoms with Crippen molar-refractivity contribution in [3.8, 4) is 0 Å². The van der Waals surface area contributed by atoms with E-state index >= 15 is 0 Å². The van der Waals surface area contributed by atoms with Crippen LogP contribution in [-0.2, 0) is 26.2 Å². The van der Waals surface area contributed by atoms with Gasteiger partial charge in [0.1, 0.15) is 6.04 Å². The molecule has 0 aliphatic carbocycles. The number of hydrogen-bond donors (Lipinski definition) is 1. The molecule has 36 heavy (non-hydrogen) atoms. The second-order valence-electron chi connectivity index (χ2n) is 9.07. The van der Waals surface area contributed by atoms with Gasteiger partial charge in [-0.2, -0.15) is 0 Å². The molecule has 0 saturated carbocycles. The SMILES string of the molecule is CCCNC(=O)[C@@H](CC)N(Cc1ccc(Cl)cc1)C(=O)CCCN(c1ccc(C)c(C)c1)S(C)(=O)=O. The Morgan fingerprint density at radius 3 is 2.25 bits per heavy atom. The molecule has 0 bridgehead atoms. The Morgan fingerprint density at radius 1 is 1.03 bits per heavy atom. The van der Waals surface area contributed by atoms with E-state index in [-0.39, 0.29) is 31.3 Å². The lowest BCUT2D eigenvalue weighted by Gasteiger charge is -2.31. The van der Waals surface area contributed by atoms with E-state index in [2.05, 4.69) is 5.32 Å². The average Bonchev–Trinajstić information content (AvgIpc) is 2.82. The van der Waals surface area contributed by atoms with Crippen LogP contribution in [0.5, 0.6) is 0 Å².